The van der Waals surface area contributed by atoms with E-state index in [0.29, 0.717) is 12.6 Å². The maximum absolute atomic E-state index is 13.2. The molecule has 1 saturated carbocycles. The molecule has 0 amide bonds. The lowest BCUT2D eigenvalue weighted by molar-refractivity contribution is -0.151. The average Bonchev–Trinajstić information content (AvgIpc) is 3.18. The lowest BCUT2D eigenvalue weighted by Gasteiger charge is -2.28. The van der Waals surface area contributed by atoms with E-state index in [4.69, 9.17) is 4.74 Å². The Bertz CT molecular complexity index is 537. The number of hydrogen-bond acceptors (Lipinski definition) is 3. The molecule has 1 atom stereocenters. The van der Waals surface area contributed by atoms with Gasteiger partial charge in [0.1, 0.15) is 5.82 Å². The molecule has 1 aromatic rings. The summed E-state index contributed by atoms with van der Waals surface area (Å²) in [6.45, 7) is 1.62. The van der Waals surface area contributed by atoms with E-state index >= 15 is 0 Å². The quantitative estimate of drug-likeness (QED) is 0.776. The van der Waals surface area contributed by atoms with Crippen molar-refractivity contribution in [1.29, 1.82) is 0 Å². The largest absolute Gasteiger partial charge is 0.465 e. The molecule has 2 fully saturated rings. The smallest absolute Gasteiger partial charge is 0.316 e. The molecule has 0 spiro atoms. The molecule has 23 heavy (non-hydrogen) atoms. The first kappa shape index (κ1) is 16.4. The van der Waals surface area contributed by atoms with Gasteiger partial charge < -0.3 is 9.64 Å². The summed E-state index contributed by atoms with van der Waals surface area (Å²) >= 11 is 0. The van der Waals surface area contributed by atoms with Crippen LogP contribution in [-0.4, -0.2) is 37.1 Å². The van der Waals surface area contributed by atoms with E-state index in [1.807, 2.05) is 0 Å². The van der Waals surface area contributed by atoms with Crippen molar-refractivity contribution in [3.63, 3.8) is 0 Å². The first-order valence-corrected chi connectivity index (χ1v) is 8.75. The topological polar surface area (TPSA) is 29.5 Å². The maximum Gasteiger partial charge on any atom is 0.316 e. The van der Waals surface area contributed by atoms with E-state index in [0.717, 1.165) is 44.2 Å². The molecular formula is C19H26FNO2. The highest BCUT2D eigenvalue weighted by atomic mass is 19.1. The van der Waals surface area contributed by atoms with E-state index in [1.54, 1.807) is 12.1 Å². The van der Waals surface area contributed by atoms with Gasteiger partial charge in [-0.2, -0.15) is 0 Å². The molecule has 0 aromatic heterocycles. The van der Waals surface area contributed by atoms with Gasteiger partial charge >= 0.3 is 5.97 Å². The normalized spacial score (nSPS) is 24.0. The number of esters is 1. The lowest BCUT2D eigenvalue weighted by Crippen LogP contribution is -2.36. The first-order chi connectivity index (χ1) is 11.1. The molecular weight excluding hydrogens is 293 g/mol. The van der Waals surface area contributed by atoms with Crippen LogP contribution < -0.4 is 0 Å². The first-order valence-electron chi connectivity index (χ1n) is 8.75. The Kier molecular flexibility index (Phi) is 5.00. The Morgan fingerprint density at radius 1 is 1.26 bits per heavy atom. The van der Waals surface area contributed by atoms with Crippen molar-refractivity contribution in [2.24, 2.45) is 0 Å². The number of benzene rings is 1. The second-order valence-corrected chi connectivity index (χ2v) is 7.00. The second kappa shape index (κ2) is 7.00. The highest BCUT2D eigenvalue weighted by molar-refractivity contribution is 5.83. The van der Waals surface area contributed by atoms with Crippen LogP contribution in [-0.2, 0) is 14.9 Å². The van der Waals surface area contributed by atoms with Gasteiger partial charge in [-0.3, -0.25) is 4.79 Å². The summed E-state index contributed by atoms with van der Waals surface area (Å²) in [4.78, 5) is 15.1. The van der Waals surface area contributed by atoms with Crippen molar-refractivity contribution < 1.29 is 13.9 Å². The Hall–Kier alpha value is -1.42. The molecule has 4 heteroatoms. The van der Waals surface area contributed by atoms with Crippen molar-refractivity contribution in [3.05, 3.63) is 35.6 Å². The zero-order valence-corrected chi connectivity index (χ0v) is 13.9. The Morgan fingerprint density at radius 2 is 1.96 bits per heavy atom. The number of carbonyl (C=O) groups is 1. The minimum atomic E-state index is -0.560. The van der Waals surface area contributed by atoms with Crippen LogP contribution in [0, 0.1) is 5.82 Å². The van der Waals surface area contributed by atoms with Gasteiger partial charge in [0.15, 0.2) is 0 Å². The van der Waals surface area contributed by atoms with Gasteiger partial charge in [-0.1, -0.05) is 25.0 Å². The number of rotatable bonds is 5. The van der Waals surface area contributed by atoms with E-state index in [2.05, 4.69) is 11.9 Å². The van der Waals surface area contributed by atoms with Crippen LogP contribution in [0.5, 0.6) is 0 Å². The van der Waals surface area contributed by atoms with Crippen molar-refractivity contribution in [2.45, 2.75) is 56.4 Å². The highest BCUT2D eigenvalue weighted by Gasteiger charge is 2.44. The average molecular weight is 319 g/mol. The minimum Gasteiger partial charge on any atom is -0.465 e. The van der Waals surface area contributed by atoms with Crippen LogP contribution in [0.2, 0.25) is 0 Å². The van der Waals surface area contributed by atoms with E-state index in [-0.39, 0.29) is 11.8 Å². The third-order valence-electron chi connectivity index (χ3n) is 5.60. The third-order valence-corrected chi connectivity index (χ3v) is 5.60. The van der Waals surface area contributed by atoms with Gasteiger partial charge in [0, 0.05) is 6.04 Å². The summed E-state index contributed by atoms with van der Waals surface area (Å²) in [7, 11) is 2.14. The fourth-order valence-corrected chi connectivity index (χ4v) is 4.13. The summed E-state index contributed by atoms with van der Waals surface area (Å²) in [6.07, 6.45) is 6.99. The molecule has 3 nitrogen and oxygen atoms in total. The summed E-state index contributed by atoms with van der Waals surface area (Å²) < 4.78 is 18.9. The number of halogens is 1. The maximum atomic E-state index is 13.2. The standard InChI is InChI=1S/C19H26FNO2/c1-21-13-4-5-17(21)10-14-23-18(22)19(11-2-3-12-19)15-6-8-16(20)9-7-15/h6-9,17H,2-5,10-14H2,1H3. The van der Waals surface area contributed by atoms with Gasteiger partial charge in [-0.05, 0) is 63.4 Å². The van der Waals surface area contributed by atoms with E-state index in [1.165, 1.54) is 25.0 Å². The fraction of sp³-hybridized carbons (Fsp3) is 0.632. The van der Waals surface area contributed by atoms with Crippen molar-refractivity contribution >= 4 is 5.97 Å². The van der Waals surface area contributed by atoms with Crippen molar-refractivity contribution in [2.75, 3.05) is 20.2 Å². The zero-order chi connectivity index (χ0) is 16.3. The van der Waals surface area contributed by atoms with Gasteiger partial charge in [0.25, 0.3) is 0 Å². The highest BCUT2D eigenvalue weighted by Crippen LogP contribution is 2.42. The molecule has 126 valence electrons. The Balaban J connectivity index is 1.63. The van der Waals surface area contributed by atoms with Gasteiger partial charge in [0.05, 0.1) is 12.0 Å². The van der Waals surface area contributed by atoms with Crippen LogP contribution in [0.15, 0.2) is 24.3 Å². The number of likely N-dealkylation sites (tertiary alicyclic amines) is 1. The van der Waals surface area contributed by atoms with Crippen LogP contribution in [0.25, 0.3) is 0 Å². The molecule has 1 heterocycles. The van der Waals surface area contributed by atoms with E-state index < -0.39 is 5.41 Å². The molecule has 1 aromatic carbocycles. The van der Waals surface area contributed by atoms with Crippen molar-refractivity contribution in [3.8, 4) is 0 Å². The van der Waals surface area contributed by atoms with Crippen LogP contribution >= 0.6 is 0 Å². The fourth-order valence-electron chi connectivity index (χ4n) is 4.13. The predicted molar refractivity (Wildman–Crippen MR) is 87.8 cm³/mol. The molecule has 1 saturated heterocycles. The van der Waals surface area contributed by atoms with Gasteiger partial charge in [-0.15, -0.1) is 0 Å². The number of ether oxygens (including phenoxy) is 1. The molecule has 1 aliphatic carbocycles. The van der Waals surface area contributed by atoms with Gasteiger partial charge in [-0.25, -0.2) is 4.39 Å². The van der Waals surface area contributed by atoms with Crippen molar-refractivity contribution in [1.82, 2.24) is 4.90 Å². The van der Waals surface area contributed by atoms with Crippen LogP contribution in [0.4, 0.5) is 4.39 Å². The number of hydrogen-bond donors (Lipinski definition) is 0. The molecule has 1 unspecified atom stereocenters. The Morgan fingerprint density at radius 3 is 2.57 bits per heavy atom. The molecule has 2 aliphatic rings. The molecule has 3 rings (SSSR count). The second-order valence-electron chi connectivity index (χ2n) is 7.00. The number of nitrogens with zero attached hydrogens (tertiary/aromatic N) is 1. The summed E-state index contributed by atoms with van der Waals surface area (Å²) in [5, 5.41) is 0. The predicted octanol–water partition coefficient (Wildman–Crippen LogP) is 3.67. The van der Waals surface area contributed by atoms with E-state index in [9.17, 15) is 9.18 Å². The SMILES string of the molecule is CN1CCCC1CCOC(=O)C1(c2ccc(F)cc2)CCCC1. The van der Waals surface area contributed by atoms with Gasteiger partial charge in [0.2, 0.25) is 0 Å². The molecule has 0 bridgehead atoms. The lowest BCUT2D eigenvalue weighted by atomic mass is 9.79. The summed E-state index contributed by atoms with van der Waals surface area (Å²) in [6, 6.07) is 6.90. The Labute approximate surface area is 137 Å². The molecule has 0 radical (unpaired) electrons. The zero-order valence-electron chi connectivity index (χ0n) is 13.9. The summed E-state index contributed by atoms with van der Waals surface area (Å²) in [5.74, 6) is -0.387. The molecule has 1 aliphatic heterocycles. The van der Waals surface area contributed by atoms with Crippen LogP contribution in [0.3, 0.4) is 0 Å². The minimum absolute atomic E-state index is 0.123. The molecule has 0 N–H and O–H groups in total. The third kappa shape index (κ3) is 3.42. The number of carbonyl (C=O) groups excluding carboxylic acids is 1. The van der Waals surface area contributed by atoms with Crippen LogP contribution in [0.1, 0.15) is 50.5 Å². The monoisotopic (exact) mass is 319 g/mol. The summed E-state index contributed by atoms with van der Waals surface area (Å²) in [5.41, 5.74) is 0.342.